The number of benzene rings is 2. The number of pyridine rings is 1. The fraction of sp³-hybridized carbons (Fsp3) is 0.296. The molecule has 1 aromatic heterocycles. The van der Waals surface area contributed by atoms with Crippen LogP contribution in [0.2, 0.25) is 0 Å². The van der Waals surface area contributed by atoms with Gasteiger partial charge in [0.1, 0.15) is 5.69 Å². The van der Waals surface area contributed by atoms with Crippen LogP contribution in [0.15, 0.2) is 66.9 Å². The minimum absolute atomic E-state index is 0.206. The molecule has 0 spiro atoms. The summed E-state index contributed by atoms with van der Waals surface area (Å²) in [6.45, 7) is 5.30. The van der Waals surface area contributed by atoms with Crippen molar-refractivity contribution in [2.75, 3.05) is 13.1 Å². The predicted molar refractivity (Wildman–Crippen MR) is 128 cm³/mol. The van der Waals surface area contributed by atoms with Gasteiger partial charge in [0.05, 0.1) is 0 Å². The second kappa shape index (κ2) is 11.8. The van der Waals surface area contributed by atoms with E-state index in [1.165, 1.54) is 34.5 Å². The highest BCUT2D eigenvalue weighted by Crippen LogP contribution is 2.07. The van der Waals surface area contributed by atoms with Gasteiger partial charge in [-0.2, -0.15) is 0 Å². The molecule has 2 amide bonds. The normalized spacial score (nSPS) is 10.6. The molecule has 1 heterocycles. The minimum Gasteiger partial charge on any atom is -0.352 e. The smallest absolute Gasteiger partial charge is 0.269 e. The highest BCUT2D eigenvalue weighted by molar-refractivity contribution is 5.98. The minimum atomic E-state index is -0.277. The molecule has 5 nitrogen and oxygen atoms in total. The van der Waals surface area contributed by atoms with Gasteiger partial charge in [0.15, 0.2) is 0 Å². The number of nitrogens with zero attached hydrogens (tertiary/aromatic N) is 1. The maximum Gasteiger partial charge on any atom is 0.269 e. The fourth-order valence-corrected chi connectivity index (χ4v) is 3.41. The van der Waals surface area contributed by atoms with Crippen LogP contribution in [0.4, 0.5) is 0 Å². The van der Waals surface area contributed by atoms with E-state index < -0.39 is 0 Å². The number of nitrogens with one attached hydrogen (secondary N) is 2. The van der Waals surface area contributed by atoms with E-state index in [1.54, 1.807) is 6.07 Å². The van der Waals surface area contributed by atoms with Crippen LogP contribution >= 0.6 is 0 Å². The Kier molecular flexibility index (Phi) is 8.55. The monoisotopic (exact) mass is 429 g/mol. The predicted octanol–water partition coefficient (Wildman–Crippen LogP) is 4.15. The number of hydrogen-bond donors (Lipinski definition) is 2. The molecule has 3 rings (SSSR count). The number of carbonyl (C=O) groups is 2. The third-order valence-electron chi connectivity index (χ3n) is 5.52. The highest BCUT2D eigenvalue weighted by Gasteiger charge is 2.11. The Morgan fingerprint density at radius 1 is 0.688 bits per heavy atom. The molecule has 0 saturated carbocycles. The molecular formula is C27H31N3O2. The van der Waals surface area contributed by atoms with Crippen LogP contribution in [0.25, 0.3) is 0 Å². The van der Waals surface area contributed by atoms with Gasteiger partial charge in [-0.25, -0.2) is 0 Å². The van der Waals surface area contributed by atoms with E-state index in [4.69, 9.17) is 0 Å². The molecule has 2 aromatic carbocycles. The van der Waals surface area contributed by atoms with Gasteiger partial charge < -0.3 is 10.6 Å². The summed E-state index contributed by atoms with van der Waals surface area (Å²) in [6.07, 6.45) is 5.03. The molecule has 0 radical (unpaired) electrons. The second-order valence-electron chi connectivity index (χ2n) is 7.78. The van der Waals surface area contributed by atoms with Gasteiger partial charge in [-0.3, -0.25) is 14.6 Å². The summed E-state index contributed by atoms with van der Waals surface area (Å²) in [5.41, 5.74) is 5.63. The van der Waals surface area contributed by atoms with Gasteiger partial charge in [0.2, 0.25) is 0 Å². The third kappa shape index (κ3) is 6.77. The second-order valence-corrected chi connectivity index (χ2v) is 7.78. The molecule has 3 aromatic rings. The molecule has 0 aliphatic rings. The SMILES string of the molecule is CCc1ccc(CCNC(=O)c2ccnc(C(=O)NCCc3ccc(CC)cc3)c2)cc1. The molecule has 166 valence electrons. The molecular weight excluding hydrogens is 398 g/mol. The zero-order valence-electron chi connectivity index (χ0n) is 18.9. The quantitative estimate of drug-likeness (QED) is 0.509. The van der Waals surface area contributed by atoms with E-state index in [9.17, 15) is 9.59 Å². The first kappa shape index (κ1) is 23.2. The summed E-state index contributed by atoms with van der Waals surface area (Å²) < 4.78 is 0. The van der Waals surface area contributed by atoms with Crippen molar-refractivity contribution in [1.82, 2.24) is 15.6 Å². The summed E-state index contributed by atoms with van der Waals surface area (Å²) in [4.78, 5) is 29.1. The number of aryl methyl sites for hydroxylation is 2. The van der Waals surface area contributed by atoms with E-state index in [1.807, 2.05) is 0 Å². The average molecular weight is 430 g/mol. The van der Waals surface area contributed by atoms with Crippen molar-refractivity contribution < 1.29 is 9.59 Å². The molecule has 0 bridgehead atoms. The van der Waals surface area contributed by atoms with Crippen molar-refractivity contribution in [3.63, 3.8) is 0 Å². The largest absolute Gasteiger partial charge is 0.352 e. The van der Waals surface area contributed by atoms with E-state index in [0.717, 1.165) is 25.7 Å². The Bertz CT molecular complexity index is 947. The first-order valence-electron chi connectivity index (χ1n) is 11.3. The van der Waals surface area contributed by atoms with E-state index in [2.05, 4.69) is 78.0 Å². The van der Waals surface area contributed by atoms with E-state index >= 15 is 0 Å². The lowest BCUT2D eigenvalue weighted by molar-refractivity contribution is 0.0949. The Hall–Kier alpha value is -3.47. The van der Waals surface area contributed by atoms with Gasteiger partial charge in [-0.05, 0) is 60.1 Å². The fourth-order valence-electron chi connectivity index (χ4n) is 3.41. The Labute approximate surface area is 190 Å². The molecule has 0 atom stereocenters. The van der Waals surface area contributed by atoms with Crippen molar-refractivity contribution in [1.29, 1.82) is 0 Å². The zero-order chi connectivity index (χ0) is 22.8. The molecule has 0 fully saturated rings. The van der Waals surface area contributed by atoms with Gasteiger partial charge in [-0.15, -0.1) is 0 Å². The molecule has 0 aliphatic carbocycles. The third-order valence-corrected chi connectivity index (χ3v) is 5.52. The van der Waals surface area contributed by atoms with Crippen molar-refractivity contribution in [2.45, 2.75) is 39.5 Å². The first-order valence-corrected chi connectivity index (χ1v) is 11.3. The first-order chi connectivity index (χ1) is 15.6. The van der Waals surface area contributed by atoms with Gasteiger partial charge in [-0.1, -0.05) is 62.4 Å². The van der Waals surface area contributed by atoms with Crippen LogP contribution < -0.4 is 10.6 Å². The van der Waals surface area contributed by atoms with Crippen LogP contribution in [0.5, 0.6) is 0 Å². The van der Waals surface area contributed by atoms with Gasteiger partial charge in [0, 0.05) is 24.8 Å². The lowest BCUT2D eigenvalue weighted by Gasteiger charge is -2.08. The van der Waals surface area contributed by atoms with E-state index in [0.29, 0.717) is 18.7 Å². The topological polar surface area (TPSA) is 71.1 Å². The lowest BCUT2D eigenvalue weighted by atomic mass is 10.1. The van der Waals surface area contributed by atoms with Crippen LogP contribution in [-0.2, 0) is 25.7 Å². The van der Waals surface area contributed by atoms with Crippen LogP contribution in [-0.4, -0.2) is 29.9 Å². The van der Waals surface area contributed by atoms with Crippen LogP contribution in [0.1, 0.15) is 56.9 Å². The summed E-state index contributed by atoms with van der Waals surface area (Å²) in [5.74, 6) is -0.483. The summed E-state index contributed by atoms with van der Waals surface area (Å²) in [7, 11) is 0. The molecule has 0 aliphatic heterocycles. The number of rotatable bonds is 10. The van der Waals surface area contributed by atoms with Crippen molar-refractivity contribution in [3.05, 3.63) is 100 Å². The highest BCUT2D eigenvalue weighted by atomic mass is 16.2. The standard InChI is InChI=1S/C27H31N3O2/c1-3-20-5-9-22(10-6-20)13-16-29-26(31)24-15-18-28-25(19-24)27(32)30-17-14-23-11-7-21(4-2)8-12-23/h5-12,15,18-19H,3-4,13-14,16-17H2,1-2H3,(H,29,31)(H,30,32). The average Bonchev–Trinajstić information content (AvgIpc) is 2.84. The maximum absolute atomic E-state index is 12.5. The molecule has 2 N–H and O–H groups in total. The Morgan fingerprint density at radius 3 is 1.66 bits per heavy atom. The molecule has 0 unspecified atom stereocenters. The maximum atomic E-state index is 12.5. The number of amides is 2. The van der Waals surface area contributed by atoms with Crippen molar-refractivity contribution in [3.8, 4) is 0 Å². The van der Waals surface area contributed by atoms with Crippen LogP contribution in [0.3, 0.4) is 0 Å². The Morgan fingerprint density at radius 2 is 1.16 bits per heavy atom. The van der Waals surface area contributed by atoms with Crippen LogP contribution in [0, 0.1) is 0 Å². The van der Waals surface area contributed by atoms with Gasteiger partial charge in [0.25, 0.3) is 11.8 Å². The molecule has 0 saturated heterocycles. The van der Waals surface area contributed by atoms with Crippen molar-refractivity contribution >= 4 is 11.8 Å². The number of aromatic nitrogens is 1. The lowest BCUT2D eigenvalue weighted by Crippen LogP contribution is -2.28. The number of hydrogen-bond acceptors (Lipinski definition) is 3. The zero-order valence-corrected chi connectivity index (χ0v) is 18.9. The van der Waals surface area contributed by atoms with E-state index in [-0.39, 0.29) is 17.5 Å². The Balaban J connectivity index is 1.47. The molecule has 32 heavy (non-hydrogen) atoms. The molecule has 5 heteroatoms. The number of carbonyl (C=O) groups excluding carboxylic acids is 2. The summed E-state index contributed by atoms with van der Waals surface area (Å²) >= 11 is 0. The summed E-state index contributed by atoms with van der Waals surface area (Å²) in [5, 5.41) is 5.80. The summed E-state index contributed by atoms with van der Waals surface area (Å²) in [6, 6.07) is 20.0. The van der Waals surface area contributed by atoms with Crippen molar-refractivity contribution in [2.24, 2.45) is 0 Å². The van der Waals surface area contributed by atoms with Gasteiger partial charge >= 0.3 is 0 Å².